The molecule has 0 aromatic heterocycles. The second-order valence-corrected chi connectivity index (χ2v) is 4.77. The van der Waals surface area contributed by atoms with Crippen LogP contribution in [0.2, 0.25) is 0 Å². The molecular weight excluding hydrogens is 262 g/mol. The van der Waals surface area contributed by atoms with Gasteiger partial charge < -0.3 is 10.4 Å². The summed E-state index contributed by atoms with van der Waals surface area (Å²) >= 11 is 0. The van der Waals surface area contributed by atoms with E-state index in [4.69, 9.17) is 5.11 Å². The van der Waals surface area contributed by atoms with Crippen LogP contribution in [-0.2, 0) is 11.2 Å². The molecule has 0 radical (unpaired) electrons. The van der Waals surface area contributed by atoms with Gasteiger partial charge in [-0.25, -0.2) is 0 Å². The molecule has 0 saturated carbocycles. The third-order valence-electron chi connectivity index (χ3n) is 3.47. The van der Waals surface area contributed by atoms with E-state index in [9.17, 15) is 14.9 Å². The molecular formula is C13H17N3O4. The lowest BCUT2D eigenvalue weighted by atomic mass is 10.1. The molecule has 1 aromatic rings. The number of non-ortho nitro benzene ring substituents is 1. The van der Waals surface area contributed by atoms with Crippen molar-refractivity contribution in [1.29, 1.82) is 0 Å². The van der Waals surface area contributed by atoms with Crippen molar-refractivity contribution in [3.63, 3.8) is 0 Å². The second-order valence-electron chi connectivity index (χ2n) is 4.77. The molecule has 0 amide bonds. The van der Waals surface area contributed by atoms with Crippen LogP contribution in [0.1, 0.15) is 5.56 Å². The van der Waals surface area contributed by atoms with Crippen molar-refractivity contribution in [3.8, 4) is 0 Å². The number of nitro benzene ring substituents is 1. The average molecular weight is 279 g/mol. The highest BCUT2D eigenvalue weighted by Crippen LogP contribution is 2.13. The Kier molecular flexibility index (Phi) is 4.65. The number of aliphatic carboxylic acids is 1. The first kappa shape index (κ1) is 14.4. The van der Waals surface area contributed by atoms with Crippen molar-refractivity contribution in [2.45, 2.75) is 12.5 Å². The van der Waals surface area contributed by atoms with Gasteiger partial charge in [-0.1, -0.05) is 12.1 Å². The molecule has 7 nitrogen and oxygen atoms in total. The van der Waals surface area contributed by atoms with Gasteiger partial charge in [-0.05, 0) is 12.0 Å². The molecule has 1 aromatic carbocycles. The summed E-state index contributed by atoms with van der Waals surface area (Å²) in [6, 6.07) is 5.89. The number of rotatable bonds is 5. The van der Waals surface area contributed by atoms with Gasteiger partial charge in [0.2, 0.25) is 0 Å². The fraction of sp³-hybridized carbons (Fsp3) is 0.462. The van der Waals surface area contributed by atoms with Crippen LogP contribution in [0.5, 0.6) is 0 Å². The number of carboxylic acids is 1. The van der Waals surface area contributed by atoms with Gasteiger partial charge in [0.15, 0.2) is 0 Å². The van der Waals surface area contributed by atoms with Gasteiger partial charge in [-0.2, -0.15) is 0 Å². The summed E-state index contributed by atoms with van der Waals surface area (Å²) < 4.78 is 0. The molecule has 1 fully saturated rings. The number of hydrogen-bond acceptors (Lipinski definition) is 5. The van der Waals surface area contributed by atoms with E-state index in [1.54, 1.807) is 12.1 Å². The maximum atomic E-state index is 11.1. The van der Waals surface area contributed by atoms with E-state index in [0.717, 1.165) is 12.1 Å². The number of nitrogens with one attached hydrogen (secondary N) is 1. The molecule has 0 spiro atoms. The smallest absolute Gasteiger partial charge is 0.322 e. The van der Waals surface area contributed by atoms with Crippen LogP contribution in [-0.4, -0.2) is 53.1 Å². The molecule has 1 unspecified atom stereocenters. The third-order valence-corrected chi connectivity index (χ3v) is 3.47. The largest absolute Gasteiger partial charge is 0.480 e. The highest BCUT2D eigenvalue weighted by Gasteiger charge is 2.27. The molecule has 7 heteroatoms. The molecule has 20 heavy (non-hydrogen) atoms. The molecule has 1 saturated heterocycles. The SMILES string of the molecule is O=C(O)C1CNCCN1CCc1ccc([N+](=O)[O-])cc1. The number of hydrogen-bond donors (Lipinski definition) is 2. The Hall–Kier alpha value is -1.99. The van der Waals surface area contributed by atoms with Gasteiger partial charge in [0.05, 0.1) is 4.92 Å². The standard InChI is InChI=1S/C13H17N3O4/c17-13(18)12-9-14-6-8-15(12)7-5-10-1-3-11(4-2-10)16(19)20/h1-4,12,14H,5-9H2,(H,17,18). The quantitative estimate of drug-likeness (QED) is 0.602. The van der Waals surface area contributed by atoms with Crippen molar-refractivity contribution >= 4 is 11.7 Å². The van der Waals surface area contributed by atoms with E-state index in [1.807, 2.05) is 4.90 Å². The lowest BCUT2D eigenvalue weighted by Gasteiger charge is -2.33. The normalized spacial score (nSPS) is 19.7. The highest BCUT2D eigenvalue weighted by atomic mass is 16.6. The molecule has 0 aliphatic carbocycles. The first-order valence-corrected chi connectivity index (χ1v) is 6.49. The van der Waals surface area contributed by atoms with Crippen molar-refractivity contribution in [1.82, 2.24) is 10.2 Å². The van der Waals surface area contributed by atoms with E-state index >= 15 is 0 Å². The van der Waals surface area contributed by atoms with Crippen molar-refractivity contribution in [2.24, 2.45) is 0 Å². The minimum absolute atomic E-state index is 0.0688. The Morgan fingerprint density at radius 3 is 2.75 bits per heavy atom. The maximum absolute atomic E-state index is 11.1. The second kappa shape index (κ2) is 6.44. The summed E-state index contributed by atoms with van der Waals surface area (Å²) in [5, 5.41) is 22.8. The average Bonchev–Trinajstić information content (AvgIpc) is 2.45. The molecule has 0 bridgehead atoms. The molecule has 1 heterocycles. The number of piperazine rings is 1. The summed E-state index contributed by atoms with van der Waals surface area (Å²) in [4.78, 5) is 23.2. The summed E-state index contributed by atoms with van der Waals surface area (Å²) in [5.74, 6) is -0.819. The lowest BCUT2D eigenvalue weighted by molar-refractivity contribution is -0.384. The Labute approximate surface area is 116 Å². The van der Waals surface area contributed by atoms with E-state index in [1.165, 1.54) is 12.1 Å². The predicted molar refractivity (Wildman–Crippen MR) is 72.7 cm³/mol. The van der Waals surface area contributed by atoms with Gasteiger partial charge >= 0.3 is 5.97 Å². The van der Waals surface area contributed by atoms with Crippen LogP contribution < -0.4 is 5.32 Å². The van der Waals surface area contributed by atoms with Crippen LogP contribution in [0.25, 0.3) is 0 Å². The summed E-state index contributed by atoms with van der Waals surface area (Å²) in [5.41, 5.74) is 1.04. The number of benzene rings is 1. The molecule has 1 aliphatic rings. The zero-order valence-corrected chi connectivity index (χ0v) is 11.0. The molecule has 1 atom stereocenters. The van der Waals surface area contributed by atoms with Crippen LogP contribution in [0.15, 0.2) is 24.3 Å². The highest BCUT2D eigenvalue weighted by molar-refractivity contribution is 5.74. The first-order valence-electron chi connectivity index (χ1n) is 6.49. The van der Waals surface area contributed by atoms with Gasteiger partial charge in [0, 0.05) is 38.3 Å². The van der Waals surface area contributed by atoms with Crippen molar-refractivity contribution < 1.29 is 14.8 Å². The number of carboxylic acid groups (broad SMARTS) is 1. The van der Waals surface area contributed by atoms with Crippen LogP contribution in [0.3, 0.4) is 0 Å². The lowest BCUT2D eigenvalue weighted by Crippen LogP contribution is -2.55. The van der Waals surface area contributed by atoms with Crippen molar-refractivity contribution in [2.75, 3.05) is 26.2 Å². The predicted octanol–water partition coefficient (Wildman–Crippen LogP) is 0.496. The summed E-state index contributed by atoms with van der Waals surface area (Å²) in [6.45, 7) is 2.57. The van der Waals surface area contributed by atoms with Crippen molar-refractivity contribution in [3.05, 3.63) is 39.9 Å². The van der Waals surface area contributed by atoms with Crippen LogP contribution in [0, 0.1) is 10.1 Å². The van der Waals surface area contributed by atoms with Crippen LogP contribution in [0.4, 0.5) is 5.69 Å². The minimum Gasteiger partial charge on any atom is -0.480 e. The van der Waals surface area contributed by atoms with E-state index in [2.05, 4.69) is 5.32 Å². The minimum atomic E-state index is -0.819. The zero-order chi connectivity index (χ0) is 14.5. The van der Waals surface area contributed by atoms with Gasteiger partial charge in [-0.15, -0.1) is 0 Å². The fourth-order valence-corrected chi connectivity index (χ4v) is 2.31. The van der Waals surface area contributed by atoms with Gasteiger partial charge in [0.25, 0.3) is 5.69 Å². The summed E-state index contributed by atoms with van der Waals surface area (Å²) in [7, 11) is 0. The Balaban J connectivity index is 1.93. The van der Waals surface area contributed by atoms with E-state index < -0.39 is 16.9 Å². The third kappa shape index (κ3) is 3.52. The topological polar surface area (TPSA) is 95.7 Å². The molecule has 2 N–H and O–H groups in total. The van der Waals surface area contributed by atoms with Crippen LogP contribution >= 0.6 is 0 Å². The van der Waals surface area contributed by atoms with E-state index in [-0.39, 0.29) is 5.69 Å². The fourth-order valence-electron chi connectivity index (χ4n) is 2.31. The molecule has 108 valence electrons. The monoisotopic (exact) mass is 279 g/mol. The van der Waals surface area contributed by atoms with Gasteiger partial charge in [-0.3, -0.25) is 19.8 Å². The number of nitrogens with zero attached hydrogens (tertiary/aromatic N) is 2. The molecule has 1 aliphatic heterocycles. The zero-order valence-electron chi connectivity index (χ0n) is 11.0. The maximum Gasteiger partial charge on any atom is 0.322 e. The summed E-state index contributed by atoms with van der Waals surface area (Å²) in [6.07, 6.45) is 0.682. The van der Waals surface area contributed by atoms with E-state index in [0.29, 0.717) is 26.1 Å². The number of nitro groups is 1. The Morgan fingerprint density at radius 2 is 2.15 bits per heavy atom. The van der Waals surface area contributed by atoms with Gasteiger partial charge in [0.1, 0.15) is 6.04 Å². The molecule has 2 rings (SSSR count). The first-order chi connectivity index (χ1) is 9.58. The number of carbonyl (C=O) groups is 1. The Morgan fingerprint density at radius 1 is 1.45 bits per heavy atom. The Bertz CT molecular complexity index is 489.